The third-order valence-corrected chi connectivity index (χ3v) is 8.64. The highest BCUT2D eigenvalue weighted by Gasteiger charge is 2.66. The minimum absolute atomic E-state index is 0.0715. The Morgan fingerprint density at radius 3 is 2.72 bits per heavy atom. The number of hydrogen-bond acceptors (Lipinski definition) is 5. The van der Waals surface area contributed by atoms with Gasteiger partial charge in [-0.05, 0) is 63.1 Å². The van der Waals surface area contributed by atoms with Crippen molar-refractivity contribution in [1.82, 2.24) is 4.90 Å². The third-order valence-electron chi connectivity index (χ3n) is 8.64. The van der Waals surface area contributed by atoms with Gasteiger partial charge in [-0.25, -0.2) is 0 Å². The Bertz CT molecular complexity index is 895. The standard InChI is InChI=1S/C23H30N2O4/c1-13(14-3-2-4-14)25-10-9-22-12-16(26)7-8-23(22,29)18(25)11-15-5-6-17(21(24)28)20(27)19(15)22/h5-6,13-14,18,27,29H,2-4,7-12H2,1H3,(H2,24,28)/t13-,18?,22?,23?/m1/s1. The lowest BCUT2D eigenvalue weighted by atomic mass is 9.49. The smallest absolute Gasteiger partial charge is 0.252 e. The van der Waals surface area contributed by atoms with Crippen LogP contribution in [-0.2, 0) is 16.6 Å². The molecular weight excluding hydrogens is 368 g/mol. The van der Waals surface area contributed by atoms with Gasteiger partial charge >= 0.3 is 0 Å². The van der Waals surface area contributed by atoms with Crippen molar-refractivity contribution in [3.8, 4) is 5.75 Å². The molecule has 5 rings (SSSR count). The summed E-state index contributed by atoms with van der Waals surface area (Å²) >= 11 is 0. The Morgan fingerprint density at radius 2 is 2.07 bits per heavy atom. The summed E-state index contributed by atoms with van der Waals surface area (Å²) in [5.74, 6) is -0.0402. The minimum atomic E-state index is -1.09. The highest BCUT2D eigenvalue weighted by molar-refractivity contribution is 5.96. The number of nitrogens with two attached hydrogens (primary N) is 1. The van der Waals surface area contributed by atoms with Crippen LogP contribution >= 0.6 is 0 Å². The Morgan fingerprint density at radius 1 is 1.31 bits per heavy atom. The molecule has 29 heavy (non-hydrogen) atoms. The first-order valence-corrected chi connectivity index (χ1v) is 10.9. The van der Waals surface area contributed by atoms with Crippen molar-refractivity contribution >= 4 is 11.7 Å². The van der Waals surface area contributed by atoms with Crippen molar-refractivity contribution in [2.24, 2.45) is 11.7 Å². The van der Waals surface area contributed by atoms with Crippen LogP contribution in [0.1, 0.15) is 73.4 Å². The fourth-order valence-electron chi connectivity index (χ4n) is 6.83. The number of likely N-dealkylation sites (tertiary alicyclic amines) is 1. The highest BCUT2D eigenvalue weighted by atomic mass is 16.3. The molecule has 1 aliphatic heterocycles. The second kappa shape index (κ2) is 6.29. The Labute approximate surface area is 171 Å². The van der Waals surface area contributed by atoms with E-state index in [4.69, 9.17) is 5.73 Å². The Balaban J connectivity index is 1.67. The maximum absolute atomic E-state index is 12.6. The molecule has 2 saturated carbocycles. The molecule has 1 saturated heterocycles. The van der Waals surface area contributed by atoms with Crippen LogP contribution in [0.3, 0.4) is 0 Å². The highest BCUT2D eigenvalue weighted by Crippen LogP contribution is 2.60. The van der Waals surface area contributed by atoms with Crippen LogP contribution in [0, 0.1) is 5.92 Å². The SMILES string of the molecule is C[C@H](C1CCC1)N1CCC23CC(=O)CCC2(O)C1Cc1ccc(C(N)=O)c(O)c13. The Kier molecular flexibility index (Phi) is 4.13. The number of aromatic hydroxyl groups is 1. The lowest BCUT2D eigenvalue weighted by molar-refractivity contribution is -0.182. The molecule has 1 aromatic carbocycles. The second-order valence-electron chi connectivity index (χ2n) is 9.72. The first-order valence-electron chi connectivity index (χ1n) is 10.9. The molecule has 0 aromatic heterocycles. The molecule has 6 nitrogen and oxygen atoms in total. The average molecular weight is 399 g/mol. The zero-order chi connectivity index (χ0) is 20.6. The summed E-state index contributed by atoms with van der Waals surface area (Å²) in [7, 11) is 0. The van der Waals surface area contributed by atoms with Crippen LogP contribution < -0.4 is 5.73 Å². The van der Waals surface area contributed by atoms with Gasteiger partial charge in [-0.15, -0.1) is 0 Å². The van der Waals surface area contributed by atoms with Gasteiger partial charge in [-0.2, -0.15) is 0 Å². The zero-order valence-electron chi connectivity index (χ0n) is 17.0. The summed E-state index contributed by atoms with van der Waals surface area (Å²) in [5, 5.41) is 23.2. The van der Waals surface area contributed by atoms with E-state index in [0.29, 0.717) is 43.2 Å². The van der Waals surface area contributed by atoms with Gasteiger partial charge in [0.1, 0.15) is 11.5 Å². The first kappa shape index (κ1) is 19.1. The van der Waals surface area contributed by atoms with Crippen molar-refractivity contribution in [1.29, 1.82) is 0 Å². The molecule has 3 unspecified atom stereocenters. The van der Waals surface area contributed by atoms with Crippen molar-refractivity contribution in [3.63, 3.8) is 0 Å². The molecule has 1 amide bonds. The molecular formula is C23H30N2O4. The summed E-state index contributed by atoms with van der Waals surface area (Å²) in [4.78, 5) is 26.9. The number of Topliss-reactive ketones (excluding diaryl/α,β-unsaturated/α-hetero) is 1. The monoisotopic (exact) mass is 398 g/mol. The predicted octanol–water partition coefficient (Wildman–Crippen LogP) is 2.03. The molecule has 1 aromatic rings. The van der Waals surface area contributed by atoms with Crippen LogP contribution in [0.4, 0.5) is 0 Å². The summed E-state index contributed by atoms with van der Waals surface area (Å²) in [6.45, 7) is 3.06. The maximum Gasteiger partial charge on any atom is 0.252 e. The van der Waals surface area contributed by atoms with Crippen molar-refractivity contribution in [2.75, 3.05) is 6.54 Å². The normalized spacial score (nSPS) is 35.4. The molecule has 0 spiro atoms. The van der Waals surface area contributed by atoms with E-state index in [2.05, 4.69) is 11.8 Å². The van der Waals surface area contributed by atoms with Gasteiger partial charge in [0.2, 0.25) is 0 Å². The van der Waals surface area contributed by atoms with E-state index in [0.717, 1.165) is 12.1 Å². The van der Waals surface area contributed by atoms with E-state index in [9.17, 15) is 19.8 Å². The number of piperidine rings is 1. The number of carbonyl (C=O) groups excluding carboxylic acids is 2. The molecule has 1 heterocycles. The van der Waals surface area contributed by atoms with Crippen LogP contribution in [0.2, 0.25) is 0 Å². The lowest BCUT2D eigenvalue weighted by Gasteiger charge is -2.65. The molecule has 0 radical (unpaired) electrons. The van der Waals surface area contributed by atoms with Crippen LogP contribution in [0.5, 0.6) is 5.75 Å². The van der Waals surface area contributed by atoms with Crippen LogP contribution in [-0.4, -0.2) is 51.0 Å². The van der Waals surface area contributed by atoms with Gasteiger partial charge < -0.3 is 15.9 Å². The first-order chi connectivity index (χ1) is 13.8. The average Bonchev–Trinajstić information content (AvgIpc) is 2.60. The summed E-state index contributed by atoms with van der Waals surface area (Å²) in [6.07, 6.45) is 5.97. The summed E-state index contributed by atoms with van der Waals surface area (Å²) in [5.41, 5.74) is 5.15. The molecule has 2 bridgehead atoms. The van der Waals surface area contributed by atoms with E-state index in [-0.39, 0.29) is 29.6 Å². The van der Waals surface area contributed by atoms with E-state index in [1.54, 1.807) is 6.07 Å². The fourth-order valence-corrected chi connectivity index (χ4v) is 6.83. The number of nitrogens with zero attached hydrogens (tertiary/aromatic N) is 1. The number of amides is 1. The number of rotatable bonds is 3. The topological polar surface area (TPSA) is 104 Å². The number of phenols is 1. The predicted molar refractivity (Wildman–Crippen MR) is 108 cm³/mol. The Hall–Kier alpha value is -1.92. The van der Waals surface area contributed by atoms with Crippen molar-refractivity contribution in [2.45, 2.75) is 81.4 Å². The maximum atomic E-state index is 12.6. The number of ketones is 1. The fraction of sp³-hybridized carbons (Fsp3) is 0.652. The number of benzene rings is 1. The molecule has 6 heteroatoms. The largest absolute Gasteiger partial charge is 0.507 e. The number of carbonyl (C=O) groups is 2. The van der Waals surface area contributed by atoms with Crippen molar-refractivity contribution < 1.29 is 19.8 Å². The number of hydrogen-bond donors (Lipinski definition) is 3. The van der Waals surface area contributed by atoms with Gasteiger partial charge in [0, 0.05) is 35.9 Å². The van der Waals surface area contributed by atoms with E-state index < -0.39 is 16.9 Å². The second-order valence-corrected chi connectivity index (χ2v) is 9.72. The summed E-state index contributed by atoms with van der Waals surface area (Å²) < 4.78 is 0. The lowest BCUT2D eigenvalue weighted by Crippen LogP contribution is -2.74. The van der Waals surface area contributed by atoms with Crippen LogP contribution in [0.15, 0.2) is 12.1 Å². The summed E-state index contributed by atoms with van der Waals surface area (Å²) in [6, 6.07) is 3.76. The minimum Gasteiger partial charge on any atom is -0.507 e. The molecule has 3 aliphatic carbocycles. The molecule has 4 aliphatic rings. The van der Waals surface area contributed by atoms with E-state index >= 15 is 0 Å². The number of primary amides is 1. The molecule has 4 N–H and O–H groups in total. The quantitative estimate of drug-likeness (QED) is 0.723. The van der Waals surface area contributed by atoms with Gasteiger partial charge in [0.05, 0.1) is 11.2 Å². The van der Waals surface area contributed by atoms with Gasteiger partial charge in [-0.1, -0.05) is 12.5 Å². The van der Waals surface area contributed by atoms with Gasteiger partial charge in [0.15, 0.2) is 0 Å². The van der Waals surface area contributed by atoms with Crippen molar-refractivity contribution in [3.05, 3.63) is 28.8 Å². The molecule has 4 atom stereocenters. The van der Waals surface area contributed by atoms with Crippen LogP contribution in [0.25, 0.3) is 0 Å². The molecule has 156 valence electrons. The zero-order valence-corrected chi connectivity index (χ0v) is 17.0. The molecule has 3 fully saturated rings. The third kappa shape index (κ3) is 2.42. The number of fused-ring (bicyclic) bond motifs is 1. The van der Waals surface area contributed by atoms with Gasteiger partial charge in [-0.3, -0.25) is 14.5 Å². The number of aliphatic hydroxyl groups is 1. The van der Waals surface area contributed by atoms with E-state index in [1.807, 2.05) is 6.07 Å². The van der Waals surface area contributed by atoms with Gasteiger partial charge in [0.25, 0.3) is 5.91 Å². The van der Waals surface area contributed by atoms with E-state index in [1.165, 1.54) is 19.3 Å².